The Kier molecular flexibility index (Phi) is 4.65. The number of piperidine rings is 1. The highest BCUT2D eigenvalue weighted by Crippen LogP contribution is 2.23. The number of likely N-dealkylation sites (tertiary alicyclic amines) is 1. The Morgan fingerprint density at radius 2 is 2.25 bits per heavy atom. The van der Waals surface area contributed by atoms with Crippen molar-refractivity contribution in [3.63, 3.8) is 0 Å². The Bertz CT molecular complexity index is 500. The van der Waals surface area contributed by atoms with E-state index >= 15 is 0 Å². The molecule has 20 heavy (non-hydrogen) atoms. The second-order valence-corrected chi connectivity index (χ2v) is 6.64. The zero-order valence-electron chi connectivity index (χ0n) is 11.8. The minimum Gasteiger partial charge on any atom is -0.480 e. The van der Waals surface area contributed by atoms with Gasteiger partial charge in [-0.25, -0.2) is 9.59 Å². The van der Waals surface area contributed by atoms with Crippen molar-refractivity contribution in [2.45, 2.75) is 39.3 Å². The largest absolute Gasteiger partial charge is 0.480 e. The molecule has 0 spiro atoms. The normalized spacial score (nSPS) is 22.6. The van der Waals surface area contributed by atoms with Gasteiger partial charge in [-0.15, -0.1) is 11.3 Å². The molecule has 2 unspecified atom stereocenters. The van der Waals surface area contributed by atoms with Crippen molar-refractivity contribution < 1.29 is 14.7 Å². The number of hydrogen-bond acceptors (Lipinski definition) is 3. The molecule has 2 amide bonds. The first-order valence-corrected chi connectivity index (χ1v) is 7.63. The molecule has 1 aromatic heterocycles. The average molecular weight is 296 g/mol. The summed E-state index contributed by atoms with van der Waals surface area (Å²) in [6.45, 7) is 4.87. The monoisotopic (exact) mass is 296 g/mol. The third kappa shape index (κ3) is 3.30. The molecule has 2 atom stereocenters. The van der Waals surface area contributed by atoms with E-state index in [1.54, 1.807) is 11.3 Å². The van der Waals surface area contributed by atoms with Gasteiger partial charge >= 0.3 is 12.0 Å². The first kappa shape index (κ1) is 14.8. The Labute approximate surface area is 122 Å². The van der Waals surface area contributed by atoms with Gasteiger partial charge in [0, 0.05) is 16.3 Å². The van der Waals surface area contributed by atoms with Crippen LogP contribution >= 0.6 is 11.3 Å². The van der Waals surface area contributed by atoms with E-state index in [0.717, 1.165) is 17.7 Å². The van der Waals surface area contributed by atoms with Crippen LogP contribution in [0, 0.1) is 12.8 Å². The van der Waals surface area contributed by atoms with Gasteiger partial charge in [0.15, 0.2) is 0 Å². The van der Waals surface area contributed by atoms with E-state index in [4.69, 9.17) is 0 Å². The van der Waals surface area contributed by atoms with Crippen LogP contribution in [0.1, 0.15) is 29.5 Å². The summed E-state index contributed by atoms with van der Waals surface area (Å²) in [6, 6.07) is 2.99. The van der Waals surface area contributed by atoms with Crippen LogP contribution in [-0.2, 0) is 11.3 Å². The summed E-state index contributed by atoms with van der Waals surface area (Å²) in [7, 11) is 0. The topological polar surface area (TPSA) is 69.6 Å². The molecule has 5 nitrogen and oxygen atoms in total. The van der Waals surface area contributed by atoms with E-state index in [9.17, 15) is 14.7 Å². The van der Waals surface area contributed by atoms with E-state index < -0.39 is 12.0 Å². The second kappa shape index (κ2) is 6.26. The maximum atomic E-state index is 12.2. The van der Waals surface area contributed by atoms with E-state index in [2.05, 4.69) is 5.32 Å². The van der Waals surface area contributed by atoms with E-state index in [1.165, 1.54) is 9.78 Å². The van der Waals surface area contributed by atoms with Crippen molar-refractivity contribution in [1.82, 2.24) is 10.2 Å². The van der Waals surface area contributed by atoms with Gasteiger partial charge in [-0.1, -0.05) is 6.92 Å². The minimum atomic E-state index is -0.917. The van der Waals surface area contributed by atoms with Gasteiger partial charge in [-0.3, -0.25) is 0 Å². The lowest BCUT2D eigenvalue weighted by Gasteiger charge is -2.37. The summed E-state index contributed by atoms with van der Waals surface area (Å²) in [5, 5.41) is 12.1. The maximum Gasteiger partial charge on any atom is 0.326 e. The molecule has 0 aliphatic carbocycles. The molecule has 2 rings (SSSR count). The number of rotatable bonds is 3. The van der Waals surface area contributed by atoms with Crippen LogP contribution in [0.5, 0.6) is 0 Å². The molecular weight excluding hydrogens is 276 g/mol. The van der Waals surface area contributed by atoms with Crippen LogP contribution in [0.15, 0.2) is 12.1 Å². The summed E-state index contributed by atoms with van der Waals surface area (Å²) in [5.74, 6) is -0.921. The maximum absolute atomic E-state index is 12.2. The average Bonchev–Trinajstić information content (AvgIpc) is 2.81. The first-order valence-electron chi connectivity index (χ1n) is 6.81. The molecule has 0 aromatic carbocycles. The number of nitrogens with one attached hydrogen (secondary N) is 1. The van der Waals surface area contributed by atoms with Gasteiger partial charge in [0.25, 0.3) is 0 Å². The van der Waals surface area contributed by atoms with Gasteiger partial charge in [0.1, 0.15) is 6.04 Å². The predicted molar refractivity (Wildman–Crippen MR) is 77.8 cm³/mol. The molecule has 0 bridgehead atoms. The van der Waals surface area contributed by atoms with Crippen molar-refractivity contribution in [2.75, 3.05) is 6.54 Å². The van der Waals surface area contributed by atoms with Gasteiger partial charge in [0.05, 0.1) is 6.54 Å². The quantitative estimate of drug-likeness (QED) is 0.900. The number of nitrogens with zero attached hydrogens (tertiary/aromatic N) is 1. The standard InChI is InChI=1S/C14H20N2O3S/c1-9-4-3-7-16(12(9)13(17)18)14(19)15-8-11-6-5-10(2)20-11/h5-6,9,12H,3-4,7-8H2,1-2H3,(H,15,19)(H,17,18). The summed E-state index contributed by atoms with van der Waals surface area (Å²) >= 11 is 1.63. The van der Waals surface area contributed by atoms with Crippen LogP contribution in [0.25, 0.3) is 0 Å². The van der Waals surface area contributed by atoms with Crippen molar-refractivity contribution in [3.05, 3.63) is 21.9 Å². The SMILES string of the molecule is Cc1ccc(CNC(=O)N2CCCC(C)C2C(=O)O)s1. The van der Waals surface area contributed by atoms with Crippen molar-refractivity contribution in [3.8, 4) is 0 Å². The zero-order chi connectivity index (χ0) is 14.7. The van der Waals surface area contributed by atoms with Gasteiger partial charge in [-0.2, -0.15) is 0 Å². The number of urea groups is 1. The molecule has 1 aliphatic heterocycles. The number of aliphatic carboxylic acids is 1. The summed E-state index contributed by atoms with van der Waals surface area (Å²) in [4.78, 5) is 27.3. The van der Waals surface area contributed by atoms with Crippen LogP contribution in [-0.4, -0.2) is 34.6 Å². The van der Waals surface area contributed by atoms with E-state index in [-0.39, 0.29) is 11.9 Å². The molecule has 1 aromatic rings. The molecule has 1 aliphatic rings. The molecule has 1 saturated heterocycles. The minimum absolute atomic E-state index is 0.00372. The van der Waals surface area contributed by atoms with Crippen molar-refractivity contribution in [2.24, 2.45) is 5.92 Å². The van der Waals surface area contributed by atoms with Crippen LogP contribution < -0.4 is 5.32 Å². The third-order valence-corrected chi connectivity index (χ3v) is 4.66. The number of carbonyl (C=O) groups excluding carboxylic acids is 1. The molecule has 0 saturated carbocycles. The fraction of sp³-hybridized carbons (Fsp3) is 0.571. The Morgan fingerprint density at radius 3 is 2.85 bits per heavy atom. The highest BCUT2D eigenvalue weighted by atomic mass is 32.1. The second-order valence-electron chi connectivity index (χ2n) is 5.27. The van der Waals surface area contributed by atoms with Crippen LogP contribution in [0.2, 0.25) is 0 Å². The molecule has 2 N–H and O–H groups in total. The summed E-state index contributed by atoms with van der Waals surface area (Å²) in [5.41, 5.74) is 0. The van der Waals surface area contributed by atoms with Crippen LogP contribution in [0.3, 0.4) is 0 Å². The zero-order valence-corrected chi connectivity index (χ0v) is 12.6. The lowest BCUT2D eigenvalue weighted by atomic mass is 9.91. The number of amides is 2. The molecule has 1 fully saturated rings. The van der Waals surface area contributed by atoms with Crippen LogP contribution in [0.4, 0.5) is 4.79 Å². The Balaban J connectivity index is 1.97. The number of carboxylic acids is 1. The van der Waals surface area contributed by atoms with E-state index in [0.29, 0.717) is 13.1 Å². The first-order chi connectivity index (χ1) is 9.49. The molecule has 2 heterocycles. The summed E-state index contributed by atoms with van der Waals surface area (Å²) in [6.07, 6.45) is 1.71. The number of hydrogen-bond donors (Lipinski definition) is 2. The molecular formula is C14H20N2O3S. The molecule has 110 valence electrons. The number of carbonyl (C=O) groups is 2. The fourth-order valence-corrected chi connectivity index (χ4v) is 3.47. The number of carboxylic acid groups (broad SMARTS) is 1. The Morgan fingerprint density at radius 1 is 1.50 bits per heavy atom. The third-order valence-electron chi connectivity index (χ3n) is 3.66. The predicted octanol–water partition coefficient (Wildman–Crippen LogP) is 2.45. The fourth-order valence-electron chi connectivity index (χ4n) is 2.64. The smallest absolute Gasteiger partial charge is 0.326 e. The van der Waals surface area contributed by atoms with Crippen molar-refractivity contribution in [1.29, 1.82) is 0 Å². The number of thiophene rings is 1. The Hall–Kier alpha value is -1.56. The van der Waals surface area contributed by atoms with E-state index in [1.807, 2.05) is 26.0 Å². The van der Waals surface area contributed by atoms with Gasteiger partial charge < -0.3 is 15.3 Å². The highest BCUT2D eigenvalue weighted by Gasteiger charge is 2.36. The number of aryl methyl sites for hydroxylation is 1. The van der Waals surface area contributed by atoms with Gasteiger partial charge in [-0.05, 0) is 37.8 Å². The summed E-state index contributed by atoms with van der Waals surface area (Å²) < 4.78 is 0. The lowest BCUT2D eigenvalue weighted by molar-refractivity contribution is -0.145. The molecule has 6 heteroatoms. The lowest BCUT2D eigenvalue weighted by Crippen LogP contribution is -2.54. The highest BCUT2D eigenvalue weighted by molar-refractivity contribution is 7.11. The van der Waals surface area contributed by atoms with Crippen molar-refractivity contribution >= 4 is 23.3 Å². The molecule has 0 radical (unpaired) electrons. The van der Waals surface area contributed by atoms with Gasteiger partial charge in [0.2, 0.25) is 0 Å².